The zero-order chi connectivity index (χ0) is 19.5. The average Bonchev–Trinajstić information content (AvgIpc) is 2.74. The summed E-state index contributed by atoms with van der Waals surface area (Å²) >= 11 is 0. The van der Waals surface area contributed by atoms with Gasteiger partial charge in [-0.2, -0.15) is 5.26 Å². The SMILES string of the molecule is N#Cc1cc2c(=O)n(C[C@@H](c3ccccc3)N3CCCCC3)ccc2[nH]c1=O. The smallest absolute Gasteiger partial charge is 0.266 e. The molecule has 142 valence electrons. The van der Waals surface area contributed by atoms with E-state index in [0.29, 0.717) is 17.4 Å². The van der Waals surface area contributed by atoms with Crippen LogP contribution in [0.5, 0.6) is 0 Å². The van der Waals surface area contributed by atoms with E-state index in [2.05, 4.69) is 22.0 Å². The van der Waals surface area contributed by atoms with Crippen LogP contribution in [0.3, 0.4) is 0 Å². The second-order valence-electron chi connectivity index (χ2n) is 7.25. The highest BCUT2D eigenvalue weighted by Gasteiger charge is 2.23. The summed E-state index contributed by atoms with van der Waals surface area (Å²) in [5, 5.41) is 9.48. The Hall–Kier alpha value is -3.17. The standard InChI is InChI=1S/C22H22N4O2/c23-14-17-13-18-19(24-21(17)27)9-12-26(22(18)28)15-20(16-7-3-1-4-8-16)25-10-5-2-6-11-25/h1,3-4,7-9,12-13,20H,2,5-6,10-11,15H2,(H,24,27)/t20-/m0/s1. The van der Waals surface area contributed by atoms with Gasteiger partial charge in [-0.1, -0.05) is 36.8 Å². The summed E-state index contributed by atoms with van der Waals surface area (Å²) in [7, 11) is 0. The molecule has 28 heavy (non-hydrogen) atoms. The van der Waals surface area contributed by atoms with E-state index >= 15 is 0 Å². The van der Waals surface area contributed by atoms with Gasteiger partial charge in [0.2, 0.25) is 0 Å². The number of piperidine rings is 1. The van der Waals surface area contributed by atoms with Crippen molar-refractivity contribution in [2.45, 2.75) is 31.8 Å². The molecule has 1 aliphatic heterocycles. The number of hydrogen-bond donors (Lipinski definition) is 1. The summed E-state index contributed by atoms with van der Waals surface area (Å²) < 4.78 is 1.69. The summed E-state index contributed by atoms with van der Waals surface area (Å²) in [4.78, 5) is 30.0. The molecule has 0 saturated carbocycles. The van der Waals surface area contributed by atoms with E-state index in [4.69, 9.17) is 5.26 Å². The highest BCUT2D eigenvalue weighted by Crippen LogP contribution is 2.26. The molecule has 1 N–H and O–H groups in total. The molecule has 0 unspecified atom stereocenters. The normalized spacial score (nSPS) is 16.0. The molecule has 1 aliphatic rings. The number of benzene rings is 1. The van der Waals surface area contributed by atoms with Crippen molar-refractivity contribution in [1.29, 1.82) is 5.26 Å². The highest BCUT2D eigenvalue weighted by atomic mass is 16.1. The monoisotopic (exact) mass is 374 g/mol. The maximum Gasteiger partial charge on any atom is 0.266 e. The molecule has 1 atom stereocenters. The van der Waals surface area contributed by atoms with Crippen LogP contribution in [0.2, 0.25) is 0 Å². The van der Waals surface area contributed by atoms with Gasteiger partial charge in [-0.05, 0) is 43.6 Å². The maximum atomic E-state index is 13.1. The van der Waals surface area contributed by atoms with E-state index in [9.17, 15) is 9.59 Å². The number of aromatic nitrogens is 2. The molecule has 4 rings (SSSR count). The molecule has 0 spiro atoms. The molecule has 1 saturated heterocycles. The fourth-order valence-electron chi connectivity index (χ4n) is 3.99. The molecular weight excluding hydrogens is 352 g/mol. The summed E-state index contributed by atoms with van der Waals surface area (Å²) in [6.07, 6.45) is 5.32. The van der Waals surface area contributed by atoms with Crippen molar-refractivity contribution >= 4 is 10.9 Å². The van der Waals surface area contributed by atoms with Crippen LogP contribution in [0.4, 0.5) is 0 Å². The molecule has 1 aromatic carbocycles. The molecule has 1 fully saturated rings. The van der Waals surface area contributed by atoms with Crippen molar-refractivity contribution in [3.63, 3.8) is 0 Å². The van der Waals surface area contributed by atoms with E-state index in [-0.39, 0.29) is 17.2 Å². The molecule has 6 heteroatoms. The minimum absolute atomic E-state index is 0.0435. The van der Waals surface area contributed by atoms with Crippen LogP contribution in [-0.4, -0.2) is 27.5 Å². The average molecular weight is 374 g/mol. The number of nitrogens with one attached hydrogen (secondary N) is 1. The third kappa shape index (κ3) is 3.49. The van der Waals surface area contributed by atoms with Gasteiger partial charge in [0.25, 0.3) is 11.1 Å². The van der Waals surface area contributed by atoms with Crippen LogP contribution < -0.4 is 11.1 Å². The van der Waals surface area contributed by atoms with Gasteiger partial charge in [0.1, 0.15) is 11.6 Å². The largest absolute Gasteiger partial charge is 0.321 e. The van der Waals surface area contributed by atoms with E-state index in [0.717, 1.165) is 13.1 Å². The van der Waals surface area contributed by atoms with Crippen LogP contribution in [-0.2, 0) is 6.54 Å². The Morgan fingerprint density at radius 3 is 2.54 bits per heavy atom. The molecule has 0 amide bonds. The first kappa shape index (κ1) is 18.2. The summed E-state index contributed by atoms with van der Waals surface area (Å²) in [5.74, 6) is 0. The van der Waals surface area contributed by atoms with Gasteiger partial charge in [0.05, 0.1) is 16.9 Å². The van der Waals surface area contributed by atoms with Gasteiger partial charge in [-0.15, -0.1) is 0 Å². The summed E-state index contributed by atoms with van der Waals surface area (Å²) in [6.45, 7) is 2.57. The zero-order valence-corrected chi connectivity index (χ0v) is 15.6. The van der Waals surface area contributed by atoms with Crippen molar-refractivity contribution in [3.8, 4) is 6.07 Å². The van der Waals surface area contributed by atoms with E-state index in [1.807, 2.05) is 24.3 Å². The number of nitrogens with zero attached hydrogens (tertiary/aromatic N) is 3. The number of fused-ring (bicyclic) bond motifs is 1. The zero-order valence-electron chi connectivity index (χ0n) is 15.6. The van der Waals surface area contributed by atoms with Crippen LogP contribution in [0.25, 0.3) is 10.9 Å². The lowest BCUT2D eigenvalue weighted by Crippen LogP contribution is -2.37. The molecule has 6 nitrogen and oxygen atoms in total. The first-order chi connectivity index (χ1) is 13.7. The Kier molecular flexibility index (Phi) is 5.09. The quantitative estimate of drug-likeness (QED) is 0.761. The Bertz CT molecular complexity index is 1140. The van der Waals surface area contributed by atoms with Gasteiger partial charge < -0.3 is 9.55 Å². The Balaban J connectivity index is 1.76. The lowest BCUT2D eigenvalue weighted by atomic mass is 10.0. The fourth-order valence-corrected chi connectivity index (χ4v) is 3.99. The van der Waals surface area contributed by atoms with Gasteiger partial charge in [0, 0.05) is 12.7 Å². The molecule has 2 aromatic heterocycles. The lowest BCUT2D eigenvalue weighted by Gasteiger charge is -2.35. The number of nitriles is 1. The van der Waals surface area contributed by atoms with Crippen LogP contribution in [0, 0.1) is 11.3 Å². The van der Waals surface area contributed by atoms with Gasteiger partial charge >= 0.3 is 0 Å². The van der Waals surface area contributed by atoms with Crippen LogP contribution >= 0.6 is 0 Å². The van der Waals surface area contributed by atoms with Crippen LogP contribution in [0.1, 0.15) is 36.4 Å². The second-order valence-corrected chi connectivity index (χ2v) is 7.25. The highest BCUT2D eigenvalue weighted by molar-refractivity contribution is 5.78. The third-order valence-corrected chi connectivity index (χ3v) is 5.49. The second kappa shape index (κ2) is 7.83. The van der Waals surface area contributed by atoms with Crippen LogP contribution in [0.15, 0.2) is 58.3 Å². The number of pyridine rings is 2. The number of H-pyrrole nitrogens is 1. The minimum Gasteiger partial charge on any atom is -0.321 e. The molecule has 0 bridgehead atoms. The predicted octanol–water partition coefficient (Wildman–Crippen LogP) is 2.79. The molecule has 0 radical (unpaired) electrons. The first-order valence-corrected chi connectivity index (χ1v) is 9.63. The number of rotatable bonds is 4. The predicted molar refractivity (Wildman–Crippen MR) is 108 cm³/mol. The minimum atomic E-state index is -0.470. The Labute approximate surface area is 162 Å². The van der Waals surface area contributed by atoms with Crippen molar-refractivity contribution in [2.75, 3.05) is 13.1 Å². The topological polar surface area (TPSA) is 81.9 Å². The maximum absolute atomic E-state index is 13.1. The van der Waals surface area contributed by atoms with Gasteiger partial charge in [0.15, 0.2) is 0 Å². The number of aromatic amines is 1. The lowest BCUT2D eigenvalue weighted by molar-refractivity contribution is 0.148. The third-order valence-electron chi connectivity index (χ3n) is 5.49. The van der Waals surface area contributed by atoms with Crippen molar-refractivity contribution < 1.29 is 0 Å². The first-order valence-electron chi connectivity index (χ1n) is 9.63. The van der Waals surface area contributed by atoms with E-state index < -0.39 is 5.56 Å². The fraction of sp³-hybridized carbons (Fsp3) is 0.318. The van der Waals surface area contributed by atoms with Crippen molar-refractivity contribution in [3.05, 3.63) is 80.5 Å². The Morgan fingerprint density at radius 1 is 1.07 bits per heavy atom. The van der Waals surface area contributed by atoms with Gasteiger partial charge in [-0.3, -0.25) is 14.5 Å². The number of likely N-dealkylation sites (tertiary alicyclic amines) is 1. The molecular formula is C22H22N4O2. The van der Waals surface area contributed by atoms with Crippen molar-refractivity contribution in [2.24, 2.45) is 0 Å². The summed E-state index contributed by atoms with van der Waals surface area (Å²) in [6, 6.07) is 15.4. The molecule has 3 aromatic rings. The van der Waals surface area contributed by atoms with E-state index in [1.54, 1.807) is 16.8 Å². The van der Waals surface area contributed by atoms with E-state index in [1.165, 1.54) is 30.9 Å². The number of hydrogen-bond acceptors (Lipinski definition) is 4. The Morgan fingerprint density at radius 2 is 1.82 bits per heavy atom. The molecule has 0 aliphatic carbocycles. The van der Waals surface area contributed by atoms with Crippen molar-refractivity contribution in [1.82, 2.24) is 14.5 Å². The molecule has 3 heterocycles. The van der Waals surface area contributed by atoms with Gasteiger partial charge in [-0.25, -0.2) is 0 Å². The summed E-state index contributed by atoms with van der Waals surface area (Å²) in [5.41, 5.74) is 0.943.